The summed E-state index contributed by atoms with van der Waals surface area (Å²) >= 11 is 0. The Kier molecular flexibility index (Phi) is 7.07. The molecule has 0 aromatic carbocycles. The monoisotopic (exact) mass is 231 g/mol. The molecule has 0 N–H and O–H groups in total. The largest absolute Gasteiger partial charge is 0.234 e. The molecule has 0 aliphatic rings. The predicted molar refractivity (Wildman–Crippen MR) is 69.7 cm³/mol. The first kappa shape index (κ1) is 14.8. The topological polar surface area (TPSA) is 29.4 Å². The van der Waals surface area contributed by atoms with E-state index in [0.717, 1.165) is 6.42 Å². The third-order valence-corrected chi connectivity index (χ3v) is 3.64. The molecule has 0 amide bonds. The van der Waals surface area contributed by atoms with E-state index in [9.17, 15) is 4.21 Å². The van der Waals surface area contributed by atoms with Crippen LogP contribution in [0.4, 0.5) is 0 Å². The third kappa shape index (κ3) is 7.71. The lowest BCUT2D eigenvalue weighted by molar-refractivity contribution is 0.526. The van der Waals surface area contributed by atoms with Gasteiger partial charge in [-0.1, -0.05) is 33.1 Å². The highest BCUT2D eigenvalue weighted by Crippen LogP contribution is 2.13. The minimum absolute atomic E-state index is 0.233. The number of unbranched alkanes of at least 4 members (excludes halogenated alkanes) is 1. The summed E-state index contributed by atoms with van der Waals surface area (Å²) < 4.78 is 15.4. The highest BCUT2D eigenvalue weighted by Gasteiger charge is 2.17. The van der Waals surface area contributed by atoms with E-state index in [4.69, 9.17) is 0 Å². The Morgan fingerprint density at radius 2 is 2.00 bits per heavy atom. The van der Waals surface area contributed by atoms with Crippen LogP contribution < -0.4 is 0 Å². The molecule has 0 rings (SSSR count). The molecule has 0 saturated heterocycles. The minimum atomic E-state index is -1.09. The van der Waals surface area contributed by atoms with Gasteiger partial charge in [0.1, 0.15) is 11.0 Å². The Bertz CT molecular complexity index is 218. The van der Waals surface area contributed by atoms with Gasteiger partial charge in [-0.25, -0.2) is 4.21 Å². The lowest BCUT2D eigenvalue weighted by Crippen LogP contribution is -2.19. The first-order valence-corrected chi connectivity index (χ1v) is 6.93. The standard InChI is InChI=1S/C12H25NOS/c1-6-7-8-11(2)9-10-13-15(14)12(3,4)5/h10-11H,6-9H2,1-5H3/b13-10+/t11-,15+/m0/s1. The molecule has 0 aliphatic carbocycles. The van der Waals surface area contributed by atoms with Crippen molar-refractivity contribution in [2.45, 2.75) is 65.0 Å². The van der Waals surface area contributed by atoms with Gasteiger partial charge in [0.2, 0.25) is 0 Å². The van der Waals surface area contributed by atoms with E-state index in [1.807, 2.05) is 27.0 Å². The summed E-state index contributed by atoms with van der Waals surface area (Å²) in [6.45, 7) is 10.3. The predicted octanol–water partition coefficient (Wildman–Crippen LogP) is 3.74. The molecule has 0 fully saturated rings. The van der Waals surface area contributed by atoms with Crippen molar-refractivity contribution in [2.75, 3.05) is 0 Å². The lowest BCUT2D eigenvalue weighted by Gasteiger charge is -2.13. The maximum absolute atomic E-state index is 11.6. The fraction of sp³-hybridized carbons (Fsp3) is 0.917. The van der Waals surface area contributed by atoms with E-state index >= 15 is 0 Å². The second-order valence-electron chi connectivity index (χ2n) is 5.13. The average Bonchev–Trinajstić information content (AvgIpc) is 2.13. The summed E-state index contributed by atoms with van der Waals surface area (Å²) in [5.41, 5.74) is 0. The second kappa shape index (κ2) is 7.15. The quantitative estimate of drug-likeness (QED) is 0.640. The zero-order valence-corrected chi connectivity index (χ0v) is 11.6. The molecule has 0 bridgehead atoms. The maximum atomic E-state index is 11.6. The third-order valence-electron chi connectivity index (χ3n) is 2.25. The van der Waals surface area contributed by atoms with Gasteiger partial charge >= 0.3 is 0 Å². The Balaban J connectivity index is 3.84. The normalized spacial score (nSPS) is 16.9. The fourth-order valence-corrected chi connectivity index (χ4v) is 1.66. The second-order valence-corrected chi connectivity index (χ2v) is 7.07. The molecule has 3 heteroatoms. The van der Waals surface area contributed by atoms with Gasteiger partial charge < -0.3 is 0 Å². The Hall–Kier alpha value is -0.180. The van der Waals surface area contributed by atoms with Gasteiger partial charge in [0.25, 0.3) is 0 Å². The molecule has 15 heavy (non-hydrogen) atoms. The van der Waals surface area contributed by atoms with Crippen LogP contribution in [0.1, 0.15) is 60.3 Å². The average molecular weight is 231 g/mol. The van der Waals surface area contributed by atoms with Crippen molar-refractivity contribution in [1.29, 1.82) is 0 Å². The van der Waals surface area contributed by atoms with E-state index in [0.29, 0.717) is 5.92 Å². The molecule has 0 aromatic heterocycles. The van der Waals surface area contributed by atoms with Crippen molar-refractivity contribution in [2.24, 2.45) is 10.3 Å². The minimum Gasteiger partial charge on any atom is -0.234 e. The summed E-state index contributed by atoms with van der Waals surface area (Å²) in [5.74, 6) is 0.658. The van der Waals surface area contributed by atoms with Crippen LogP contribution in [0, 0.1) is 5.92 Å². The zero-order chi connectivity index (χ0) is 11.9. The number of hydrogen-bond donors (Lipinski definition) is 0. The Morgan fingerprint density at radius 3 is 2.47 bits per heavy atom. The summed E-state index contributed by atoms with van der Waals surface area (Å²) in [6.07, 6.45) is 6.54. The Labute approximate surface area is 97.2 Å². The smallest absolute Gasteiger partial charge is 0.144 e. The summed E-state index contributed by atoms with van der Waals surface area (Å²) in [7, 11) is -1.09. The van der Waals surface area contributed by atoms with E-state index in [1.54, 1.807) is 0 Å². The van der Waals surface area contributed by atoms with Crippen molar-refractivity contribution >= 4 is 17.2 Å². The molecule has 2 nitrogen and oxygen atoms in total. The van der Waals surface area contributed by atoms with E-state index in [-0.39, 0.29) is 4.75 Å². The molecular weight excluding hydrogens is 206 g/mol. The van der Waals surface area contributed by atoms with Crippen LogP contribution in [-0.4, -0.2) is 15.2 Å². The van der Waals surface area contributed by atoms with Gasteiger partial charge in [0, 0.05) is 6.21 Å². The molecule has 0 saturated carbocycles. The van der Waals surface area contributed by atoms with Gasteiger partial charge in [-0.3, -0.25) is 0 Å². The highest BCUT2D eigenvalue weighted by molar-refractivity contribution is 7.85. The van der Waals surface area contributed by atoms with Crippen molar-refractivity contribution in [1.82, 2.24) is 0 Å². The van der Waals surface area contributed by atoms with Crippen LogP contribution in [0.3, 0.4) is 0 Å². The lowest BCUT2D eigenvalue weighted by atomic mass is 10.0. The van der Waals surface area contributed by atoms with Crippen LogP contribution in [0.2, 0.25) is 0 Å². The molecule has 0 spiro atoms. The van der Waals surface area contributed by atoms with Gasteiger partial charge in [-0.15, -0.1) is 0 Å². The van der Waals surface area contributed by atoms with Crippen LogP contribution >= 0.6 is 0 Å². The zero-order valence-electron chi connectivity index (χ0n) is 10.7. The first-order valence-electron chi connectivity index (χ1n) is 5.82. The van der Waals surface area contributed by atoms with Crippen LogP contribution in [0.5, 0.6) is 0 Å². The van der Waals surface area contributed by atoms with Crippen molar-refractivity contribution in [3.63, 3.8) is 0 Å². The van der Waals surface area contributed by atoms with E-state index in [2.05, 4.69) is 18.2 Å². The SMILES string of the molecule is CCCC[C@H](C)C/C=N/[S@](=O)C(C)(C)C. The molecule has 0 unspecified atom stereocenters. The van der Waals surface area contributed by atoms with E-state index in [1.165, 1.54) is 19.3 Å². The maximum Gasteiger partial charge on any atom is 0.144 e. The number of hydrogen-bond acceptors (Lipinski definition) is 1. The summed E-state index contributed by atoms with van der Waals surface area (Å²) in [6, 6.07) is 0. The molecule has 2 atom stereocenters. The molecule has 0 heterocycles. The van der Waals surface area contributed by atoms with Crippen LogP contribution in [0.15, 0.2) is 4.40 Å². The van der Waals surface area contributed by atoms with Gasteiger partial charge in [0.05, 0.1) is 4.75 Å². The fourth-order valence-electron chi connectivity index (χ4n) is 1.12. The van der Waals surface area contributed by atoms with Crippen LogP contribution in [0.25, 0.3) is 0 Å². The van der Waals surface area contributed by atoms with Crippen LogP contribution in [-0.2, 0) is 11.0 Å². The molecule has 0 aliphatic heterocycles. The Morgan fingerprint density at radius 1 is 1.40 bits per heavy atom. The van der Waals surface area contributed by atoms with Crippen molar-refractivity contribution < 1.29 is 4.21 Å². The molecule has 90 valence electrons. The van der Waals surface area contributed by atoms with Crippen molar-refractivity contribution in [3.05, 3.63) is 0 Å². The van der Waals surface area contributed by atoms with Gasteiger partial charge in [0.15, 0.2) is 0 Å². The summed E-state index contributed by atoms with van der Waals surface area (Å²) in [5, 5.41) is 0. The van der Waals surface area contributed by atoms with E-state index < -0.39 is 11.0 Å². The first-order chi connectivity index (χ1) is 6.88. The van der Waals surface area contributed by atoms with Gasteiger partial charge in [-0.2, -0.15) is 4.40 Å². The molecular formula is C12H25NOS. The highest BCUT2D eigenvalue weighted by atomic mass is 32.2. The van der Waals surface area contributed by atoms with Crippen molar-refractivity contribution in [3.8, 4) is 0 Å². The molecule has 0 radical (unpaired) electrons. The number of nitrogens with zero attached hydrogens (tertiary/aromatic N) is 1. The van der Waals surface area contributed by atoms with Gasteiger partial charge in [-0.05, 0) is 33.1 Å². The molecule has 0 aromatic rings. The summed E-state index contributed by atoms with van der Waals surface area (Å²) in [4.78, 5) is 0. The number of rotatable bonds is 6.